The maximum atomic E-state index is 10.4. The molecular weight excluding hydrogens is 200 g/mol. The highest BCUT2D eigenvalue weighted by Crippen LogP contribution is 2.14. The van der Waals surface area contributed by atoms with Gasteiger partial charge >= 0.3 is 12.0 Å². The van der Waals surface area contributed by atoms with E-state index >= 15 is 0 Å². The van der Waals surface area contributed by atoms with E-state index in [9.17, 15) is 4.79 Å². The summed E-state index contributed by atoms with van der Waals surface area (Å²) in [4.78, 5) is 14.4. The first-order valence-corrected chi connectivity index (χ1v) is 4.27. The lowest BCUT2D eigenvalue weighted by Gasteiger charge is -2.09. The van der Waals surface area contributed by atoms with Crippen molar-refractivity contribution in [2.24, 2.45) is 5.73 Å². The maximum Gasteiger partial charge on any atom is 0.335 e. The first kappa shape index (κ1) is 11.3. The van der Waals surface area contributed by atoms with E-state index in [4.69, 9.17) is 15.6 Å². The van der Waals surface area contributed by atoms with Crippen LogP contribution in [0.4, 0.5) is 0 Å². The molecule has 1 rings (SSSR count). The van der Waals surface area contributed by atoms with Crippen molar-refractivity contribution in [1.82, 2.24) is 15.2 Å². The van der Waals surface area contributed by atoms with E-state index < -0.39 is 12.0 Å². The molecule has 0 aliphatic heterocycles. The fraction of sp³-hybridized carbons (Fsp3) is 0.500. The molecule has 1 aromatic heterocycles. The van der Waals surface area contributed by atoms with E-state index in [0.717, 1.165) is 0 Å². The number of hydrogen-bond acceptors (Lipinski definition) is 6. The zero-order valence-electron chi connectivity index (χ0n) is 8.47. The minimum absolute atomic E-state index is 0.138. The van der Waals surface area contributed by atoms with Crippen LogP contribution in [0.2, 0.25) is 0 Å². The zero-order chi connectivity index (χ0) is 11.4. The number of carbonyl (C=O) groups is 1. The predicted octanol–water partition coefficient (Wildman–Crippen LogP) is -0.337. The Bertz CT molecular complexity index is 369. The Morgan fingerprint density at radius 1 is 1.60 bits per heavy atom. The fourth-order valence-corrected chi connectivity index (χ4v) is 1.11. The summed E-state index contributed by atoms with van der Waals surface area (Å²) in [7, 11) is 1.42. The van der Waals surface area contributed by atoms with Gasteiger partial charge in [-0.25, -0.2) is 0 Å². The maximum absolute atomic E-state index is 10.4. The number of methoxy groups -OCH3 is 1. The number of nitrogens with zero attached hydrogens (tertiary/aromatic N) is 3. The van der Waals surface area contributed by atoms with Crippen molar-refractivity contribution in [3.05, 3.63) is 11.4 Å². The van der Waals surface area contributed by atoms with Crippen molar-refractivity contribution in [3.63, 3.8) is 0 Å². The molecule has 0 aliphatic rings. The van der Waals surface area contributed by atoms with Crippen LogP contribution < -0.4 is 10.5 Å². The molecule has 0 aliphatic carbocycles. The summed E-state index contributed by atoms with van der Waals surface area (Å²) in [6.07, 6.45) is -0.205. The lowest BCUT2D eigenvalue weighted by atomic mass is 10.1. The van der Waals surface area contributed by atoms with Crippen molar-refractivity contribution in [2.75, 3.05) is 7.11 Å². The molecule has 0 aromatic carbocycles. The zero-order valence-corrected chi connectivity index (χ0v) is 8.47. The van der Waals surface area contributed by atoms with Crippen LogP contribution in [0.1, 0.15) is 23.9 Å². The molecule has 0 saturated heterocycles. The molecule has 0 saturated carbocycles. The van der Waals surface area contributed by atoms with Crippen LogP contribution in [0.3, 0.4) is 0 Å². The average Bonchev–Trinajstić information content (AvgIpc) is 2.16. The van der Waals surface area contributed by atoms with Crippen LogP contribution in [0.5, 0.6) is 6.01 Å². The Kier molecular flexibility index (Phi) is 3.51. The number of hydrogen-bond donors (Lipinski definition) is 2. The molecule has 1 heterocycles. The summed E-state index contributed by atoms with van der Waals surface area (Å²) in [6.45, 7) is 1.67. The second kappa shape index (κ2) is 4.65. The van der Waals surface area contributed by atoms with Crippen molar-refractivity contribution < 1.29 is 14.6 Å². The Morgan fingerprint density at radius 2 is 2.27 bits per heavy atom. The largest absolute Gasteiger partial charge is 0.481 e. The first-order valence-electron chi connectivity index (χ1n) is 4.27. The number of carboxylic acid groups (broad SMARTS) is 1. The van der Waals surface area contributed by atoms with Gasteiger partial charge in [-0.3, -0.25) is 4.79 Å². The molecule has 0 bridgehead atoms. The first-order chi connectivity index (χ1) is 7.04. The van der Waals surface area contributed by atoms with Crippen LogP contribution in [-0.4, -0.2) is 33.4 Å². The predicted molar refractivity (Wildman–Crippen MR) is 50.3 cm³/mol. The van der Waals surface area contributed by atoms with Gasteiger partial charge in [-0.1, -0.05) is 5.10 Å². The van der Waals surface area contributed by atoms with Gasteiger partial charge in [0.05, 0.1) is 25.3 Å². The van der Waals surface area contributed by atoms with E-state index in [1.54, 1.807) is 6.92 Å². The van der Waals surface area contributed by atoms with Gasteiger partial charge in [0.2, 0.25) is 0 Å². The fourth-order valence-electron chi connectivity index (χ4n) is 1.11. The molecule has 82 valence electrons. The summed E-state index contributed by atoms with van der Waals surface area (Å²) >= 11 is 0. The summed E-state index contributed by atoms with van der Waals surface area (Å²) in [6, 6.07) is -0.563. The van der Waals surface area contributed by atoms with Gasteiger partial charge in [0.15, 0.2) is 0 Å². The van der Waals surface area contributed by atoms with Crippen LogP contribution in [0.25, 0.3) is 0 Å². The van der Waals surface area contributed by atoms with Gasteiger partial charge < -0.3 is 15.6 Å². The van der Waals surface area contributed by atoms with Crippen LogP contribution in [0.15, 0.2) is 0 Å². The third-order valence-electron chi connectivity index (χ3n) is 1.81. The highest BCUT2D eigenvalue weighted by Gasteiger charge is 2.16. The molecular formula is C8H12N4O3. The summed E-state index contributed by atoms with van der Waals surface area (Å²) in [5, 5.41) is 16.0. The molecule has 3 N–H and O–H groups in total. The molecule has 0 radical (unpaired) electrons. The monoisotopic (exact) mass is 212 g/mol. The van der Waals surface area contributed by atoms with E-state index in [0.29, 0.717) is 11.4 Å². The van der Waals surface area contributed by atoms with Crippen molar-refractivity contribution >= 4 is 5.97 Å². The van der Waals surface area contributed by atoms with Crippen molar-refractivity contribution in [2.45, 2.75) is 19.4 Å². The molecule has 0 spiro atoms. The Labute approximate surface area is 86.3 Å². The quantitative estimate of drug-likeness (QED) is 0.702. The normalized spacial score (nSPS) is 12.2. The average molecular weight is 212 g/mol. The topological polar surface area (TPSA) is 111 Å². The minimum Gasteiger partial charge on any atom is -0.481 e. The van der Waals surface area contributed by atoms with Crippen molar-refractivity contribution in [1.29, 1.82) is 0 Å². The lowest BCUT2D eigenvalue weighted by molar-refractivity contribution is -0.137. The SMILES string of the molecule is COc1nnc(C(N)CC(=O)O)c(C)n1. The van der Waals surface area contributed by atoms with Crippen molar-refractivity contribution in [3.8, 4) is 6.01 Å². The number of ether oxygens (including phenoxy) is 1. The van der Waals surface area contributed by atoms with Gasteiger partial charge in [-0.05, 0) is 6.92 Å². The molecule has 1 unspecified atom stereocenters. The minimum atomic E-state index is -0.987. The Hall–Kier alpha value is -1.76. The van der Waals surface area contributed by atoms with E-state index in [2.05, 4.69) is 15.2 Å². The van der Waals surface area contributed by atoms with Gasteiger partial charge in [0, 0.05) is 0 Å². The highest BCUT2D eigenvalue weighted by atomic mass is 16.5. The number of nitrogens with two attached hydrogens (primary N) is 1. The van der Waals surface area contributed by atoms with Gasteiger partial charge in [0.1, 0.15) is 5.69 Å². The van der Waals surface area contributed by atoms with E-state index in [-0.39, 0.29) is 12.4 Å². The smallest absolute Gasteiger partial charge is 0.335 e. The van der Waals surface area contributed by atoms with Crippen LogP contribution in [-0.2, 0) is 4.79 Å². The molecule has 1 aromatic rings. The van der Waals surface area contributed by atoms with Gasteiger partial charge in [-0.15, -0.1) is 5.10 Å². The number of carboxylic acids is 1. The summed E-state index contributed by atoms with van der Waals surface area (Å²) < 4.78 is 4.77. The summed E-state index contributed by atoms with van der Waals surface area (Å²) in [5.74, 6) is -0.987. The second-order valence-electron chi connectivity index (χ2n) is 2.97. The standard InChI is InChI=1S/C8H12N4O3/c1-4-7(5(9)3-6(13)14)11-12-8(10-4)15-2/h5H,3,9H2,1-2H3,(H,13,14). The molecule has 1 atom stereocenters. The van der Waals surface area contributed by atoms with Crippen LogP contribution >= 0.6 is 0 Å². The molecule has 15 heavy (non-hydrogen) atoms. The lowest BCUT2D eigenvalue weighted by Crippen LogP contribution is -2.19. The number of aliphatic carboxylic acids is 1. The van der Waals surface area contributed by atoms with E-state index in [1.807, 2.05) is 0 Å². The van der Waals surface area contributed by atoms with Gasteiger partial charge in [-0.2, -0.15) is 4.98 Å². The highest BCUT2D eigenvalue weighted by molar-refractivity contribution is 5.67. The number of rotatable bonds is 4. The van der Waals surface area contributed by atoms with E-state index in [1.165, 1.54) is 7.11 Å². The third kappa shape index (κ3) is 2.84. The Morgan fingerprint density at radius 3 is 2.73 bits per heavy atom. The number of aromatic nitrogens is 3. The molecule has 7 heteroatoms. The summed E-state index contributed by atoms with van der Waals surface area (Å²) in [5.41, 5.74) is 6.52. The number of aryl methyl sites for hydroxylation is 1. The Balaban J connectivity index is 2.90. The molecule has 7 nitrogen and oxygen atoms in total. The molecule has 0 fully saturated rings. The third-order valence-corrected chi connectivity index (χ3v) is 1.81. The molecule has 0 amide bonds. The van der Waals surface area contributed by atoms with Gasteiger partial charge in [0.25, 0.3) is 0 Å². The second-order valence-corrected chi connectivity index (χ2v) is 2.97. The van der Waals surface area contributed by atoms with Crippen LogP contribution in [0, 0.1) is 6.92 Å².